The fourth-order valence-electron chi connectivity index (χ4n) is 2.74. The number of halogens is 4. The van der Waals surface area contributed by atoms with Crippen LogP contribution in [0.2, 0.25) is 0 Å². The number of hydrogen-bond donors (Lipinski definition) is 1. The monoisotopic (exact) mass is 291 g/mol. The number of anilines is 1. The quantitative estimate of drug-likeness (QED) is 0.857. The Balaban J connectivity index is 2.29. The molecular formula is C14H17F4NO. The second kappa shape index (κ2) is 5.99. The summed E-state index contributed by atoms with van der Waals surface area (Å²) in [4.78, 5) is 1.68. The van der Waals surface area contributed by atoms with Crippen LogP contribution in [-0.2, 0) is 6.18 Å². The summed E-state index contributed by atoms with van der Waals surface area (Å²) < 4.78 is 51.6. The Morgan fingerprint density at radius 3 is 2.35 bits per heavy atom. The zero-order chi connectivity index (χ0) is 14.8. The van der Waals surface area contributed by atoms with E-state index in [4.69, 9.17) is 5.11 Å². The Kier molecular flexibility index (Phi) is 4.52. The van der Waals surface area contributed by atoms with Crippen molar-refractivity contribution < 1.29 is 22.7 Å². The van der Waals surface area contributed by atoms with E-state index in [1.807, 2.05) is 0 Å². The third-order valence-corrected chi connectivity index (χ3v) is 3.69. The number of rotatable bonds is 4. The second-order valence-electron chi connectivity index (χ2n) is 5.02. The first-order chi connectivity index (χ1) is 9.43. The number of aliphatic hydroxyl groups is 1. The van der Waals surface area contributed by atoms with E-state index in [2.05, 4.69) is 0 Å². The second-order valence-corrected chi connectivity index (χ2v) is 5.02. The van der Waals surface area contributed by atoms with Crippen molar-refractivity contribution in [3.8, 4) is 0 Å². The first-order valence-electron chi connectivity index (χ1n) is 6.67. The highest BCUT2D eigenvalue weighted by atomic mass is 19.4. The fraction of sp³-hybridized carbons (Fsp3) is 0.571. The molecule has 0 aromatic heterocycles. The van der Waals surface area contributed by atoms with Gasteiger partial charge in [-0.2, -0.15) is 13.2 Å². The average Bonchev–Trinajstić information content (AvgIpc) is 2.89. The van der Waals surface area contributed by atoms with Crippen molar-refractivity contribution in [1.82, 2.24) is 0 Å². The minimum atomic E-state index is -4.55. The van der Waals surface area contributed by atoms with Gasteiger partial charge in [-0.15, -0.1) is 0 Å². The van der Waals surface area contributed by atoms with E-state index < -0.39 is 17.6 Å². The van der Waals surface area contributed by atoms with Crippen LogP contribution in [0, 0.1) is 5.82 Å². The zero-order valence-electron chi connectivity index (χ0n) is 11.0. The van der Waals surface area contributed by atoms with Crippen LogP contribution in [0.25, 0.3) is 0 Å². The molecule has 2 nitrogen and oxygen atoms in total. The minimum Gasteiger partial charge on any atom is -0.395 e. The van der Waals surface area contributed by atoms with Crippen molar-refractivity contribution in [2.24, 2.45) is 0 Å². The van der Waals surface area contributed by atoms with E-state index in [1.54, 1.807) is 4.90 Å². The van der Waals surface area contributed by atoms with Crippen molar-refractivity contribution in [3.63, 3.8) is 0 Å². The van der Waals surface area contributed by atoms with Gasteiger partial charge in [0.2, 0.25) is 0 Å². The summed E-state index contributed by atoms with van der Waals surface area (Å²) in [7, 11) is 0. The van der Waals surface area contributed by atoms with Crippen LogP contribution in [0.1, 0.15) is 31.2 Å². The molecule has 0 heterocycles. The van der Waals surface area contributed by atoms with Crippen molar-refractivity contribution in [3.05, 3.63) is 29.6 Å². The molecule has 1 aromatic carbocycles. The van der Waals surface area contributed by atoms with Crippen LogP contribution in [-0.4, -0.2) is 24.3 Å². The minimum absolute atomic E-state index is 0.0911. The summed E-state index contributed by atoms with van der Waals surface area (Å²) in [5, 5.41) is 9.09. The maximum atomic E-state index is 14.0. The van der Waals surface area contributed by atoms with Gasteiger partial charge in [0.1, 0.15) is 5.82 Å². The number of aliphatic hydroxyl groups excluding tert-OH is 1. The molecule has 0 radical (unpaired) electrons. The van der Waals surface area contributed by atoms with Crippen LogP contribution < -0.4 is 4.90 Å². The number of alkyl halides is 3. The smallest absolute Gasteiger partial charge is 0.395 e. The molecule has 0 aliphatic heterocycles. The van der Waals surface area contributed by atoms with Crippen LogP contribution in [0.4, 0.5) is 23.2 Å². The Labute approximate surface area is 115 Å². The maximum Gasteiger partial charge on any atom is 0.416 e. The third kappa shape index (κ3) is 3.23. The zero-order valence-corrected chi connectivity index (χ0v) is 11.0. The molecule has 1 aliphatic carbocycles. The van der Waals surface area contributed by atoms with E-state index in [0.717, 1.165) is 37.8 Å². The van der Waals surface area contributed by atoms with Gasteiger partial charge in [0.25, 0.3) is 0 Å². The summed E-state index contributed by atoms with van der Waals surface area (Å²) in [6.07, 6.45) is -0.751. The molecule has 0 unspecified atom stereocenters. The highest BCUT2D eigenvalue weighted by molar-refractivity contribution is 5.50. The molecule has 2 rings (SSSR count). The Morgan fingerprint density at radius 2 is 1.85 bits per heavy atom. The van der Waals surface area contributed by atoms with Crippen LogP contribution in [0.3, 0.4) is 0 Å². The molecule has 6 heteroatoms. The molecule has 1 aromatic rings. The Bertz CT molecular complexity index is 455. The van der Waals surface area contributed by atoms with Gasteiger partial charge in [0.05, 0.1) is 17.9 Å². The summed E-state index contributed by atoms with van der Waals surface area (Å²) in [5.74, 6) is -0.889. The van der Waals surface area contributed by atoms with Gasteiger partial charge in [-0.25, -0.2) is 4.39 Å². The van der Waals surface area contributed by atoms with Crippen molar-refractivity contribution in [1.29, 1.82) is 0 Å². The van der Waals surface area contributed by atoms with Gasteiger partial charge >= 0.3 is 6.18 Å². The van der Waals surface area contributed by atoms with E-state index in [0.29, 0.717) is 6.07 Å². The van der Waals surface area contributed by atoms with Gasteiger partial charge in [0.15, 0.2) is 0 Å². The van der Waals surface area contributed by atoms with Crippen molar-refractivity contribution >= 4 is 5.69 Å². The largest absolute Gasteiger partial charge is 0.416 e. The molecule has 112 valence electrons. The Hall–Kier alpha value is -1.30. The maximum absolute atomic E-state index is 14.0. The molecule has 1 fully saturated rings. The third-order valence-electron chi connectivity index (χ3n) is 3.69. The Morgan fingerprint density at radius 1 is 1.20 bits per heavy atom. The molecule has 0 bridgehead atoms. The van der Waals surface area contributed by atoms with Gasteiger partial charge in [0, 0.05) is 12.6 Å². The summed E-state index contributed by atoms with van der Waals surface area (Å²) in [5.41, 5.74) is -0.854. The molecule has 0 spiro atoms. The van der Waals surface area contributed by atoms with Crippen LogP contribution in [0.5, 0.6) is 0 Å². The molecule has 0 amide bonds. The lowest BCUT2D eigenvalue weighted by atomic mass is 10.1. The lowest BCUT2D eigenvalue weighted by Crippen LogP contribution is -2.36. The van der Waals surface area contributed by atoms with E-state index in [-0.39, 0.29) is 24.9 Å². The molecule has 0 saturated heterocycles. The summed E-state index contributed by atoms with van der Waals surface area (Å²) >= 11 is 0. The molecule has 20 heavy (non-hydrogen) atoms. The first kappa shape index (κ1) is 15.1. The lowest BCUT2D eigenvalue weighted by molar-refractivity contribution is -0.137. The number of benzene rings is 1. The predicted octanol–water partition coefficient (Wildman–Crippen LogP) is 3.59. The topological polar surface area (TPSA) is 23.5 Å². The van der Waals surface area contributed by atoms with Crippen LogP contribution >= 0.6 is 0 Å². The molecule has 1 aliphatic rings. The van der Waals surface area contributed by atoms with Crippen molar-refractivity contribution in [2.45, 2.75) is 37.9 Å². The summed E-state index contributed by atoms with van der Waals surface area (Å²) in [6, 6.07) is 2.66. The van der Waals surface area contributed by atoms with Gasteiger partial charge in [-0.1, -0.05) is 12.8 Å². The average molecular weight is 291 g/mol. The first-order valence-corrected chi connectivity index (χ1v) is 6.67. The van der Waals surface area contributed by atoms with E-state index in [1.165, 1.54) is 0 Å². The normalized spacial score (nSPS) is 16.6. The number of nitrogens with zero attached hydrogens (tertiary/aromatic N) is 1. The number of hydrogen-bond acceptors (Lipinski definition) is 2. The molecule has 1 N–H and O–H groups in total. The van der Waals surface area contributed by atoms with Crippen LogP contribution in [0.15, 0.2) is 18.2 Å². The fourth-order valence-corrected chi connectivity index (χ4v) is 2.74. The lowest BCUT2D eigenvalue weighted by Gasteiger charge is -2.31. The van der Waals surface area contributed by atoms with Gasteiger partial charge < -0.3 is 10.0 Å². The molecular weight excluding hydrogens is 274 g/mol. The predicted molar refractivity (Wildman–Crippen MR) is 68.1 cm³/mol. The van der Waals surface area contributed by atoms with Gasteiger partial charge in [-0.3, -0.25) is 0 Å². The van der Waals surface area contributed by atoms with E-state index in [9.17, 15) is 17.6 Å². The highest BCUT2D eigenvalue weighted by Gasteiger charge is 2.32. The van der Waals surface area contributed by atoms with Gasteiger partial charge in [-0.05, 0) is 31.0 Å². The SMILES string of the molecule is OCCN(c1ccc(C(F)(F)F)cc1F)C1CCCC1. The van der Waals surface area contributed by atoms with Crippen molar-refractivity contribution in [2.75, 3.05) is 18.1 Å². The standard InChI is InChI=1S/C14H17F4NO/c15-12-9-10(14(16,17)18)5-6-13(12)19(7-8-20)11-3-1-2-4-11/h5-6,9,11,20H,1-4,7-8H2. The molecule has 0 atom stereocenters. The summed E-state index contributed by atoms with van der Waals surface area (Å²) in [6.45, 7) is 0.0733. The van der Waals surface area contributed by atoms with E-state index >= 15 is 0 Å². The molecule has 1 saturated carbocycles. The highest BCUT2D eigenvalue weighted by Crippen LogP contribution is 2.34.